The lowest BCUT2D eigenvalue weighted by Gasteiger charge is -2.07. The van der Waals surface area contributed by atoms with Crippen molar-refractivity contribution < 1.29 is 9.13 Å². The molecule has 2 aromatic carbocycles. The van der Waals surface area contributed by atoms with Gasteiger partial charge in [-0.05, 0) is 30.3 Å². The Balaban J connectivity index is 0.00000144. The molecule has 0 aliphatic carbocycles. The standard InChI is InChI=1S/C12H9ClFNO.ClH/c13-11-7-9(15)4-5-12(11)16-10-3-1-2-8(14)6-10;/h1-7H,15H2;1H. The number of rotatable bonds is 2. The summed E-state index contributed by atoms with van der Waals surface area (Å²) in [6, 6.07) is 10.7. The van der Waals surface area contributed by atoms with Crippen molar-refractivity contribution in [3.63, 3.8) is 0 Å². The maximum Gasteiger partial charge on any atom is 0.146 e. The molecule has 2 aromatic rings. The van der Waals surface area contributed by atoms with Gasteiger partial charge in [0, 0.05) is 11.8 Å². The van der Waals surface area contributed by atoms with Crippen molar-refractivity contribution in [3.8, 4) is 11.5 Å². The minimum atomic E-state index is -0.357. The smallest absolute Gasteiger partial charge is 0.146 e. The van der Waals surface area contributed by atoms with Crippen LogP contribution in [0.5, 0.6) is 11.5 Å². The fourth-order valence-electron chi connectivity index (χ4n) is 1.26. The molecule has 0 atom stereocenters. The van der Waals surface area contributed by atoms with Crippen LogP contribution in [0.15, 0.2) is 42.5 Å². The maximum atomic E-state index is 12.9. The number of nitrogen functional groups attached to an aromatic ring is 1. The molecule has 17 heavy (non-hydrogen) atoms. The average molecular weight is 274 g/mol. The van der Waals surface area contributed by atoms with Gasteiger partial charge < -0.3 is 10.5 Å². The predicted molar refractivity (Wildman–Crippen MR) is 69.6 cm³/mol. The van der Waals surface area contributed by atoms with E-state index in [1.807, 2.05) is 0 Å². The normalized spacial score (nSPS) is 9.53. The number of hydrogen-bond donors (Lipinski definition) is 1. The zero-order valence-corrected chi connectivity index (χ0v) is 10.3. The third kappa shape index (κ3) is 3.51. The van der Waals surface area contributed by atoms with E-state index in [0.717, 1.165) is 0 Å². The van der Waals surface area contributed by atoms with Crippen molar-refractivity contribution in [1.29, 1.82) is 0 Å². The lowest BCUT2D eigenvalue weighted by atomic mass is 10.3. The van der Waals surface area contributed by atoms with Crippen LogP contribution in [0, 0.1) is 5.82 Å². The summed E-state index contributed by atoms with van der Waals surface area (Å²) in [5.74, 6) is 0.484. The van der Waals surface area contributed by atoms with Gasteiger partial charge in [-0.3, -0.25) is 0 Å². The third-order valence-corrected chi connectivity index (χ3v) is 2.28. The number of hydrogen-bond acceptors (Lipinski definition) is 2. The molecule has 0 radical (unpaired) electrons. The lowest BCUT2D eigenvalue weighted by Crippen LogP contribution is -1.88. The van der Waals surface area contributed by atoms with Gasteiger partial charge in [0.15, 0.2) is 0 Å². The number of anilines is 1. The van der Waals surface area contributed by atoms with Crippen LogP contribution in [-0.4, -0.2) is 0 Å². The minimum absolute atomic E-state index is 0. The fraction of sp³-hybridized carbons (Fsp3) is 0. The summed E-state index contributed by atoms with van der Waals surface area (Å²) in [5, 5.41) is 0.393. The van der Waals surface area contributed by atoms with Crippen molar-refractivity contribution in [2.45, 2.75) is 0 Å². The first-order chi connectivity index (χ1) is 7.65. The van der Waals surface area contributed by atoms with Crippen molar-refractivity contribution in [2.75, 3.05) is 5.73 Å². The van der Waals surface area contributed by atoms with E-state index in [9.17, 15) is 4.39 Å². The zero-order valence-electron chi connectivity index (χ0n) is 8.69. The summed E-state index contributed by atoms with van der Waals surface area (Å²) in [4.78, 5) is 0. The zero-order chi connectivity index (χ0) is 11.5. The van der Waals surface area contributed by atoms with Crippen LogP contribution in [0.3, 0.4) is 0 Å². The SMILES string of the molecule is Cl.Nc1ccc(Oc2cccc(F)c2)c(Cl)c1. The topological polar surface area (TPSA) is 35.2 Å². The summed E-state index contributed by atoms with van der Waals surface area (Å²) in [6.07, 6.45) is 0. The van der Waals surface area contributed by atoms with Gasteiger partial charge in [-0.25, -0.2) is 4.39 Å². The van der Waals surface area contributed by atoms with E-state index in [-0.39, 0.29) is 18.2 Å². The van der Waals surface area contributed by atoms with Crippen LogP contribution < -0.4 is 10.5 Å². The number of ether oxygens (including phenoxy) is 1. The summed E-state index contributed by atoms with van der Waals surface area (Å²) in [5.41, 5.74) is 6.10. The second-order valence-electron chi connectivity index (χ2n) is 3.25. The number of nitrogens with two attached hydrogens (primary N) is 1. The molecule has 0 saturated carbocycles. The molecule has 2 N–H and O–H groups in total. The van der Waals surface area contributed by atoms with Crippen molar-refractivity contribution >= 4 is 29.7 Å². The van der Waals surface area contributed by atoms with Crippen molar-refractivity contribution in [3.05, 3.63) is 53.3 Å². The molecule has 2 nitrogen and oxygen atoms in total. The monoisotopic (exact) mass is 273 g/mol. The minimum Gasteiger partial charge on any atom is -0.456 e. The Morgan fingerprint density at radius 2 is 1.88 bits per heavy atom. The Hall–Kier alpha value is -1.45. The van der Waals surface area contributed by atoms with Gasteiger partial charge in [0.2, 0.25) is 0 Å². The molecule has 0 aliphatic rings. The van der Waals surface area contributed by atoms with E-state index in [2.05, 4.69) is 0 Å². The Morgan fingerprint density at radius 3 is 2.53 bits per heavy atom. The molecule has 0 bridgehead atoms. The van der Waals surface area contributed by atoms with Crippen LogP contribution in [-0.2, 0) is 0 Å². The molecular weight excluding hydrogens is 264 g/mol. The van der Waals surface area contributed by atoms with E-state index >= 15 is 0 Å². The van der Waals surface area contributed by atoms with Crippen molar-refractivity contribution in [1.82, 2.24) is 0 Å². The van der Waals surface area contributed by atoms with E-state index in [0.29, 0.717) is 22.2 Å². The van der Waals surface area contributed by atoms with Gasteiger partial charge in [-0.1, -0.05) is 17.7 Å². The molecule has 0 aromatic heterocycles. The van der Waals surface area contributed by atoms with Crippen LogP contribution in [0.4, 0.5) is 10.1 Å². The van der Waals surface area contributed by atoms with Gasteiger partial charge in [-0.15, -0.1) is 12.4 Å². The van der Waals surface area contributed by atoms with Gasteiger partial charge in [0.25, 0.3) is 0 Å². The van der Waals surface area contributed by atoms with Gasteiger partial charge in [0.05, 0.1) is 5.02 Å². The molecule has 0 spiro atoms. The molecule has 0 heterocycles. The second-order valence-corrected chi connectivity index (χ2v) is 3.66. The highest BCUT2D eigenvalue weighted by Crippen LogP contribution is 2.30. The van der Waals surface area contributed by atoms with E-state index in [4.69, 9.17) is 22.1 Å². The maximum absolute atomic E-state index is 12.9. The molecule has 0 unspecified atom stereocenters. The summed E-state index contributed by atoms with van der Waals surface area (Å²) >= 11 is 5.92. The highest BCUT2D eigenvalue weighted by atomic mass is 35.5. The first-order valence-electron chi connectivity index (χ1n) is 4.63. The van der Waals surface area contributed by atoms with Gasteiger partial charge in [0.1, 0.15) is 17.3 Å². The Labute approximate surface area is 110 Å². The molecule has 0 fully saturated rings. The van der Waals surface area contributed by atoms with E-state index in [1.165, 1.54) is 12.1 Å². The average Bonchev–Trinajstić information content (AvgIpc) is 2.22. The van der Waals surface area contributed by atoms with Crippen LogP contribution in [0.25, 0.3) is 0 Å². The predicted octanol–water partition coefficient (Wildman–Crippen LogP) is 4.28. The van der Waals surface area contributed by atoms with Crippen LogP contribution in [0.2, 0.25) is 5.02 Å². The van der Waals surface area contributed by atoms with Crippen LogP contribution >= 0.6 is 24.0 Å². The molecule has 0 amide bonds. The fourth-order valence-corrected chi connectivity index (χ4v) is 1.48. The first-order valence-corrected chi connectivity index (χ1v) is 5.01. The molecule has 0 saturated heterocycles. The van der Waals surface area contributed by atoms with Crippen LogP contribution in [0.1, 0.15) is 0 Å². The number of benzene rings is 2. The van der Waals surface area contributed by atoms with Crippen molar-refractivity contribution in [2.24, 2.45) is 0 Å². The molecule has 0 aliphatic heterocycles. The largest absolute Gasteiger partial charge is 0.456 e. The quantitative estimate of drug-likeness (QED) is 0.830. The van der Waals surface area contributed by atoms with E-state index < -0.39 is 0 Å². The van der Waals surface area contributed by atoms with Gasteiger partial charge in [-0.2, -0.15) is 0 Å². The summed E-state index contributed by atoms with van der Waals surface area (Å²) in [7, 11) is 0. The Kier molecular flexibility index (Phi) is 4.61. The highest BCUT2D eigenvalue weighted by Gasteiger charge is 2.03. The molecule has 5 heteroatoms. The lowest BCUT2D eigenvalue weighted by molar-refractivity contribution is 0.477. The summed E-state index contributed by atoms with van der Waals surface area (Å²) < 4.78 is 18.3. The summed E-state index contributed by atoms with van der Waals surface area (Å²) in [6.45, 7) is 0. The Morgan fingerprint density at radius 1 is 1.12 bits per heavy atom. The van der Waals surface area contributed by atoms with Gasteiger partial charge >= 0.3 is 0 Å². The molecule has 90 valence electrons. The second kappa shape index (κ2) is 5.75. The highest BCUT2D eigenvalue weighted by molar-refractivity contribution is 6.32. The number of halogens is 3. The molecule has 2 rings (SSSR count). The van der Waals surface area contributed by atoms with E-state index in [1.54, 1.807) is 30.3 Å². The Bertz CT molecular complexity index is 520. The molecular formula is C12H10Cl2FNO. The first kappa shape index (κ1) is 13.6. The third-order valence-electron chi connectivity index (χ3n) is 1.98.